The third-order valence-corrected chi connectivity index (χ3v) is 8.02. The Morgan fingerprint density at radius 2 is 1.89 bits per heavy atom. The van der Waals surface area contributed by atoms with Gasteiger partial charge in [0.15, 0.2) is 11.5 Å². The predicted molar refractivity (Wildman–Crippen MR) is 129 cm³/mol. The fourth-order valence-corrected chi connectivity index (χ4v) is 6.05. The molecule has 2 amide bonds. The maximum atomic E-state index is 12.9. The van der Waals surface area contributed by atoms with Crippen molar-refractivity contribution in [3.05, 3.63) is 53.6 Å². The molecule has 1 saturated heterocycles. The standard InChI is InChI=1S/C25H30F3N3O3S/c1-31-12-11-24(16-7-8-20(33-2)21(14-16)34-3)10-9-18(15-22(24)31)29-23(32)30-35-19-6-4-5-17(13-19)25(26,27)28/h4-8,13-14,18,22H,9-12,15H2,1-3H3,(H2,29,30,32). The second-order valence-electron chi connectivity index (χ2n) is 9.15. The lowest BCUT2D eigenvalue weighted by Gasteiger charge is -2.45. The zero-order valence-electron chi connectivity index (χ0n) is 19.9. The monoisotopic (exact) mass is 509 g/mol. The van der Waals surface area contributed by atoms with Crippen LogP contribution in [0.4, 0.5) is 18.0 Å². The Balaban J connectivity index is 1.40. The quantitative estimate of drug-likeness (QED) is 0.523. The molecule has 2 N–H and O–H groups in total. The molecule has 0 radical (unpaired) electrons. The number of hydrogen-bond acceptors (Lipinski definition) is 5. The maximum Gasteiger partial charge on any atom is 0.416 e. The number of hydrogen-bond donors (Lipinski definition) is 2. The number of nitrogens with zero attached hydrogens (tertiary/aromatic N) is 1. The van der Waals surface area contributed by atoms with Gasteiger partial charge < -0.3 is 19.7 Å². The highest BCUT2D eigenvalue weighted by Gasteiger charge is 2.50. The van der Waals surface area contributed by atoms with Crippen LogP contribution in [0.5, 0.6) is 11.5 Å². The molecule has 0 aromatic heterocycles. The van der Waals surface area contributed by atoms with E-state index >= 15 is 0 Å². The lowest BCUT2D eigenvalue weighted by atomic mass is 9.65. The van der Waals surface area contributed by atoms with Crippen LogP contribution in [-0.2, 0) is 11.6 Å². The Hall–Kier alpha value is -2.59. The third-order valence-electron chi connectivity index (χ3n) is 7.24. The number of urea groups is 1. The number of likely N-dealkylation sites (tertiary alicyclic amines) is 1. The first-order chi connectivity index (χ1) is 16.7. The Labute approximate surface area is 207 Å². The van der Waals surface area contributed by atoms with Crippen LogP contribution < -0.4 is 19.5 Å². The number of ether oxygens (including phenoxy) is 2. The summed E-state index contributed by atoms with van der Waals surface area (Å²) in [5.41, 5.74) is 0.440. The molecule has 35 heavy (non-hydrogen) atoms. The van der Waals surface area contributed by atoms with Gasteiger partial charge in [0, 0.05) is 22.4 Å². The second-order valence-corrected chi connectivity index (χ2v) is 10.0. The van der Waals surface area contributed by atoms with Gasteiger partial charge in [0.1, 0.15) is 0 Å². The lowest BCUT2D eigenvalue weighted by molar-refractivity contribution is -0.137. The molecule has 0 bridgehead atoms. The van der Waals surface area contributed by atoms with Gasteiger partial charge >= 0.3 is 12.2 Å². The van der Waals surface area contributed by atoms with E-state index in [1.807, 2.05) is 6.07 Å². The highest BCUT2D eigenvalue weighted by molar-refractivity contribution is 7.98. The molecule has 0 spiro atoms. The molecule has 10 heteroatoms. The molecule has 3 unspecified atom stereocenters. The van der Waals surface area contributed by atoms with Crippen molar-refractivity contribution in [2.45, 2.75) is 54.3 Å². The predicted octanol–water partition coefficient (Wildman–Crippen LogP) is 5.22. The van der Waals surface area contributed by atoms with E-state index in [4.69, 9.17) is 9.47 Å². The van der Waals surface area contributed by atoms with Gasteiger partial charge in [0.05, 0.1) is 19.8 Å². The van der Waals surface area contributed by atoms with E-state index in [1.165, 1.54) is 17.7 Å². The van der Waals surface area contributed by atoms with Crippen LogP contribution in [0.3, 0.4) is 0 Å². The topological polar surface area (TPSA) is 62.8 Å². The number of likely N-dealkylation sites (N-methyl/N-ethyl adjacent to an activating group) is 1. The van der Waals surface area contributed by atoms with E-state index in [2.05, 4.69) is 34.1 Å². The van der Waals surface area contributed by atoms with Gasteiger partial charge in [-0.05, 0) is 87.1 Å². The van der Waals surface area contributed by atoms with Crippen LogP contribution in [-0.4, -0.2) is 50.8 Å². The number of nitrogens with one attached hydrogen (secondary N) is 2. The minimum Gasteiger partial charge on any atom is -0.493 e. The summed E-state index contributed by atoms with van der Waals surface area (Å²) in [6.45, 7) is 0.962. The van der Waals surface area contributed by atoms with Gasteiger partial charge in [-0.1, -0.05) is 12.1 Å². The van der Waals surface area contributed by atoms with Gasteiger partial charge in [-0.3, -0.25) is 4.72 Å². The molecule has 4 rings (SSSR count). The van der Waals surface area contributed by atoms with E-state index in [0.717, 1.165) is 56.3 Å². The molecular weight excluding hydrogens is 479 g/mol. The number of rotatable bonds is 6. The summed E-state index contributed by atoms with van der Waals surface area (Å²) >= 11 is 0.873. The van der Waals surface area contributed by atoms with Crippen molar-refractivity contribution in [1.29, 1.82) is 0 Å². The highest BCUT2D eigenvalue weighted by Crippen LogP contribution is 2.49. The molecule has 6 nitrogen and oxygen atoms in total. The number of carbonyl (C=O) groups excluding carboxylic acids is 1. The zero-order chi connectivity index (χ0) is 25.2. The fraction of sp³-hybridized carbons (Fsp3) is 0.480. The van der Waals surface area contributed by atoms with Gasteiger partial charge in [-0.25, -0.2) is 4.79 Å². The number of benzene rings is 2. The molecule has 1 aliphatic carbocycles. The third kappa shape index (κ3) is 5.33. The molecule has 3 atom stereocenters. The maximum absolute atomic E-state index is 12.9. The summed E-state index contributed by atoms with van der Waals surface area (Å²) in [5, 5.41) is 3.01. The number of halogens is 3. The first kappa shape index (κ1) is 25.5. The Morgan fingerprint density at radius 1 is 1.11 bits per heavy atom. The molecule has 1 aliphatic heterocycles. The van der Waals surface area contributed by atoms with Crippen LogP contribution in [0.2, 0.25) is 0 Å². The van der Waals surface area contributed by atoms with E-state index in [9.17, 15) is 18.0 Å². The minimum absolute atomic E-state index is 0.0315. The van der Waals surface area contributed by atoms with E-state index < -0.39 is 17.8 Å². The summed E-state index contributed by atoms with van der Waals surface area (Å²) in [6.07, 6.45) is -0.904. The number of carbonyl (C=O) groups is 1. The highest BCUT2D eigenvalue weighted by atomic mass is 32.2. The average molecular weight is 510 g/mol. The van der Waals surface area contributed by atoms with Crippen molar-refractivity contribution in [3.63, 3.8) is 0 Å². The molecule has 1 heterocycles. The minimum atomic E-state index is -4.42. The van der Waals surface area contributed by atoms with E-state index in [-0.39, 0.29) is 17.5 Å². The number of methoxy groups -OCH3 is 2. The van der Waals surface area contributed by atoms with E-state index in [1.54, 1.807) is 14.2 Å². The fourth-order valence-electron chi connectivity index (χ4n) is 5.45. The Bertz CT molecular complexity index is 1070. The summed E-state index contributed by atoms with van der Waals surface area (Å²) in [6, 6.07) is 10.8. The molecule has 2 fully saturated rings. The van der Waals surface area contributed by atoms with Gasteiger partial charge in [-0.15, -0.1) is 0 Å². The Morgan fingerprint density at radius 3 is 2.60 bits per heavy atom. The van der Waals surface area contributed by atoms with Crippen LogP contribution >= 0.6 is 11.9 Å². The Kier molecular flexibility index (Phi) is 7.42. The zero-order valence-corrected chi connectivity index (χ0v) is 20.8. The van der Waals surface area contributed by atoms with Gasteiger partial charge in [0.2, 0.25) is 0 Å². The molecule has 2 aromatic rings. The summed E-state index contributed by atoms with van der Waals surface area (Å²) in [5.74, 6) is 1.40. The molecule has 190 valence electrons. The average Bonchev–Trinajstić information content (AvgIpc) is 3.19. The van der Waals surface area contributed by atoms with Crippen molar-refractivity contribution < 1.29 is 27.4 Å². The van der Waals surface area contributed by atoms with Crippen molar-refractivity contribution in [3.8, 4) is 11.5 Å². The molecule has 2 aromatic carbocycles. The van der Waals surface area contributed by atoms with Crippen molar-refractivity contribution in [1.82, 2.24) is 14.9 Å². The number of fused-ring (bicyclic) bond motifs is 1. The van der Waals surface area contributed by atoms with Crippen molar-refractivity contribution >= 4 is 18.0 Å². The van der Waals surface area contributed by atoms with E-state index in [0.29, 0.717) is 16.4 Å². The van der Waals surface area contributed by atoms with Crippen LogP contribution in [0.1, 0.15) is 36.8 Å². The summed E-state index contributed by atoms with van der Waals surface area (Å²) in [7, 11) is 5.36. The molecular formula is C25H30F3N3O3S. The SMILES string of the molecule is COc1ccc(C23CCC(NC(=O)NSc4cccc(C(F)(F)F)c4)CC2N(C)CC3)cc1OC. The van der Waals surface area contributed by atoms with Crippen molar-refractivity contribution in [2.24, 2.45) is 0 Å². The first-order valence-corrected chi connectivity index (χ1v) is 12.3. The smallest absolute Gasteiger partial charge is 0.416 e. The van der Waals surface area contributed by atoms with Gasteiger partial charge in [-0.2, -0.15) is 13.2 Å². The van der Waals surface area contributed by atoms with Crippen LogP contribution in [0.25, 0.3) is 0 Å². The molecule has 1 saturated carbocycles. The van der Waals surface area contributed by atoms with Crippen LogP contribution in [0, 0.1) is 0 Å². The largest absolute Gasteiger partial charge is 0.493 e. The molecule has 2 aliphatic rings. The summed E-state index contributed by atoms with van der Waals surface area (Å²) < 4.78 is 52.3. The van der Waals surface area contributed by atoms with Crippen LogP contribution in [0.15, 0.2) is 47.4 Å². The lowest BCUT2D eigenvalue weighted by Crippen LogP contribution is -2.52. The second kappa shape index (κ2) is 10.2. The normalized spacial score (nSPS) is 24.5. The van der Waals surface area contributed by atoms with Gasteiger partial charge in [0.25, 0.3) is 0 Å². The van der Waals surface area contributed by atoms with Crippen molar-refractivity contribution in [2.75, 3.05) is 27.8 Å². The summed E-state index contributed by atoms with van der Waals surface area (Å²) in [4.78, 5) is 15.2. The first-order valence-electron chi connectivity index (χ1n) is 11.5. The number of amides is 2. The number of alkyl halides is 3.